The van der Waals surface area contributed by atoms with Gasteiger partial charge in [0.15, 0.2) is 29.3 Å². The fourth-order valence-electron chi connectivity index (χ4n) is 4.75. The van der Waals surface area contributed by atoms with Crippen LogP contribution >= 0.6 is 0 Å². The quantitative estimate of drug-likeness (QED) is 0.790. The number of hydrogen-bond donors (Lipinski definition) is 0. The van der Waals surface area contributed by atoms with E-state index in [9.17, 15) is 0 Å². The second-order valence-corrected chi connectivity index (χ2v) is 7.51. The van der Waals surface area contributed by atoms with Crippen LogP contribution in [0.4, 0.5) is 0 Å². The van der Waals surface area contributed by atoms with Crippen LogP contribution in [0.3, 0.4) is 0 Å². The van der Waals surface area contributed by atoms with Gasteiger partial charge in [0.2, 0.25) is 13.6 Å². The second kappa shape index (κ2) is 6.01. The van der Waals surface area contributed by atoms with Crippen LogP contribution in [0.5, 0.6) is 23.0 Å². The van der Waals surface area contributed by atoms with E-state index in [0.29, 0.717) is 0 Å². The molecule has 0 radical (unpaired) electrons. The first-order valence-corrected chi connectivity index (χ1v) is 9.48. The summed E-state index contributed by atoms with van der Waals surface area (Å²) >= 11 is 0. The number of methoxy groups -OCH3 is 1. The Morgan fingerprint density at radius 1 is 0.964 bits per heavy atom. The molecule has 4 aliphatic heterocycles. The van der Waals surface area contributed by atoms with Crippen molar-refractivity contribution in [3.05, 3.63) is 46.5 Å². The van der Waals surface area contributed by atoms with Gasteiger partial charge in [-0.3, -0.25) is 4.90 Å². The number of likely N-dealkylation sites (N-methyl/N-ethyl adjacent to an activating group) is 1. The first-order chi connectivity index (χ1) is 13.7. The Morgan fingerprint density at radius 2 is 1.75 bits per heavy atom. The molecule has 0 N–H and O–H groups in total. The molecule has 28 heavy (non-hydrogen) atoms. The van der Waals surface area contributed by atoms with Gasteiger partial charge >= 0.3 is 0 Å². The van der Waals surface area contributed by atoms with Crippen molar-refractivity contribution in [3.63, 3.8) is 0 Å². The van der Waals surface area contributed by atoms with Gasteiger partial charge < -0.3 is 28.4 Å². The van der Waals surface area contributed by atoms with Gasteiger partial charge in [-0.05, 0) is 48.4 Å². The maximum absolute atomic E-state index is 6.42. The molecule has 2 aromatic rings. The molecule has 0 aromatic heterocycles. The minimum atomic E-state index is -0.482. The summed E-state index contributed by atoms with van der Waals surface area (Å²) in [5, 5.41) is 0. The molecule has 6 rings (SSSR count). The van der Waals surface area contributed by atoms with Gasteiger partial charge in [0.1, 0.15) is 6.10 Å². The largest absolute Gasteiger partial charge is 0.454 e. The molecule has 0 aliphatic carbocycles. The molecule has 0 spiro atoms. The normalized spacial score (nSPS) is 27.0. The van der Waals surface area contributed by atoms with Crippen LogP contribution in [-0.4, -0.2) is 39.2 Å². The smallest absolute Gasteiger partial charge is 0.231 e. The molecule has 0 fully saturated rings. The Balaban J connectivity index is 1.48. The number of nitrogens with zero attached hydrogens (tertiary/aromatic N) is 1. The molecule has 1 unspecified atom stereocenters. The second-order valence-electron chi connectivity index (χ2n) is 7.51. The summed E-state index contributed by atoms with van der Waals surface area (Å²) in [6, 6.07) is 8.29. The lowest BCUT2D eigenvalue weighted by molar-refractivity contribution is -0.160. The van der Waals surface area contributed by atoms with E-state index in [1.165, 1.54) is 11.1 Å². The van der Waals surface area contributed by atoms with E-state index >= 15 is 0 Å². The zero-order valence-corrected chi connectivity index (χ0v) is 15.8. The number of hydrogen-bond acceptors (Lipinski definition) is 7. The first-order valence-electron chi connectivity index (χ1n) is 9.48. The Labute approximate surface area is 162 Å². The average molecular weight is 383 g/mol. The number of benzene rings is 2. The highest BCUT2D eigenvalue weighted by Gasteiger charge is 2.45. The molecule has 0 saturated heterocycles. The van der Waals surface area contributed by atoms with Crippen molar-refractivity contribution < 1.29 is 28.4 Å². The molecule has 4 heterocycles. The molecule has 4 aliphatic rings. The van der Waals surface area contributed by atoms with E-state index in [1.807, 2.05) is 6.07 Å². The van der Waals surface area contributed by atoms with Crippen LogP contribution in [0.25, 0.3) is 0 Å². The molecule has 0 saturated carbocycles. The molecular formula is C21H21NO6. The third-order valence-electron chi connectivity index (χ3n) is 6.09. The monoisotopic (exact) mass is 383 g/mol. The van der Waals surface area contributed by atoms with Gasteiger partial charge in [0.05, 0.1) is 11.6 Å². The highest BCUT2D eigenvalue weighted by atomic mass is 16.7. The van der Waals surface area contributed by atoms with E-state index < -0.39 is 6.29 Å². The molecule has 7 heteroatoms. The predicted molar refractivity (Wildman–Crippen MR) is 97.8 cm³/mol. The third kappa shape index (κ3) is 2.21. The summed E-state index contributed by atoms with van der Waals surface area (Å²) in [4.78, 5) is 2.33. The maximum Gasteiger partial charge on any atom is 0.231 e. The van der Waals surface area contributed by atoms with Crippen molar-refractivity contribution in [2.24, 2.45) is 0 Å². The first kappa shape index (κ1) is 16.5. The summed E-state index contributed by atoms with van der Waals surface area (Å²) in [5.74, 6) is 3.10. The van der Waals surface area contributed by atoms with Crippen LogP contribution in [0.1, 0.15) is 40.7 Å². The van der Waals surface area contributed by atoms with Crippen LogP contribution in [0.15, 0.2) is 24.3 Å². The van der Waals surface area contributed by atoms with Gasteiger partial charge in [0, 0.05) is 13.7 Å². The summed E-state index contributed by atoms with van der Waals surface area (Å²) in [6.07, 6.45) is 0.302. The van der Waals surface area contributed by atoms with Gasteiger partial charge in [-0.1, -0.05) is 6.07 Å². The van der Waals surface area contributed by atoms with E-state index in [0.717, 1.165) is 47.1 Å². The topological polar surface area (TPSA) is 58.6 Å². The summed E-state index contributed by atoms with van der Waals surface area (Å²) in [7, 11) is 3.79. The fourth-order valence-corrected chi connectivity index (χ4v) is 4.75. The zero-order chi connectivity index (χ0) is 18.8. The molecule has 0 amide bonds. The SMILES string of the molecule is COC1O[C@H]([C@@H]2c3cc4c(cc3CCN2C)OCO4)c2ccc3c(c21)OCO3. The molecule has 146 valence electrons. The van der Waals surface area contributed by atoms with Crippen molar-refractivity contribution in [3.8, 4) is 23.0 Å². The van der Waals surface area contributed by atoms with Crippen LogP contribution in [0, 0.1) is 0 Å². The number of ether oxygens (including phenoxy) is 6. The minimum absolute atomic E-state index is 0.0394. The maximum atomic E-state index is 6.42. The molecule has 2 aromatic carbocycles. The third-order valence-corrected chi connectivity index (χ3v) is 6.09. The van der Waals surface area contributed by atoms with Crippen molar-refractivity contribution in [2.45, 2.75) is 24.9 Å². The van der Waals surface area contributed by atoms with E-state index in [1.54, 1.807) is 7.11 Å². The van der Waals surface area contributed by atoms with Gasteiger partial charge in [0.25, 0.3) is 0 Å². The molecule has 0 bridgehead atoms. The lowest BCUT2D eigenvalue weighted by Crippen LogP contribution is -2.35. The standard InChI is InChI=1S/C21H21NO6/c1-22-6-5-11-7-15-16(26-9-25-15)8-13(11)18(22)19-12-3-4-14-20(27-10-24-14)17(12)21(23-2)28-19/h3-4,7-8,18-19,21H,5-6,9-10H2,1-2H3/t18-,19-,21?/m0/s1. The van der Waals surface area contributed by atoms with Crippen molar-refractivity contribution in [1.29, 1.82) is 0 Å². The highest BCUT2D eigenvalue weighted by Crippen LogP contribution is 2.55. The van der Waals surface area contributed by atoms with Gasteiger partial charge in [-0.2, -0.15) is 0 Å². The van der Waals surface area contributed by atoms with Crippen LogP contribution in [0.2, 0.25) is 0 Å². The molecule has 7 nitrogen and oxygen atoms in total. The van der Waals surface area contributed by atoms with Crippen LogP contribution in [-0.2, 0) is 15.9 Å². The average Bonchev–Trinajstić information content (AvgIpc) is 3.43. The minimum Gasteiger partial charge on any atom is -0.454 e. The van der Waals surface area contributed by atoms with Crippen molar-refractivity contribution in [1.82, 2.24) is 4.90 Å². The lowest BCUT2D eigenvalue weighted by atomic mass is 9.86. The summed E-state index contributed by atoms with van der Waals surface area (Å²) in [5.41, 5.74) is 4.50. The Hall–Kier alpha value is -2.48. The zero-order valence-electron chi connectivity index (χ0n) is 15.8. The fraction of sp³-hybridized carbons (Fsp3) is 0.429. The van der Waals surface area contributed by atoms with E-state index in [4.69, 9.17) is 28.4 Å². The van der Waals surface area contributed by atoms with Gasteiger partial charge in [-0.25, -0.2) is 0 Å². The Kier molecular flexibility index (Phi) is 3.53. The van der Waals surface area contributed by atoms with Crippen molar-refractivity contribution in [2.75, 3.05) is 34.3 Å². The summed E-state index contributed by atoms with van der Waals surface area (Å²) in [6.45, 7) is 1.44. The summed E-state index contributed by atoms with van der Waals surface area (Å²) < 4.78 is 34.6. The Bertz CT molecular complexity index is 960. The van der Waals surface area contributed by atoms with E-state index in [-0.39, 0.29) is 25.7 Å². The highest BCUT2D eigenvalue weighted by molar-refractivity contribution is 5.56. The van der Waals surface area contributed by atoms with Crippen LogP contribution < -0.4 is 18.9 Å². The number of rotatable bonds is 2. The predicted octanol–water partition coefficient (Wildman–Crippen LogP) is 3.09. The lowest BCUT2D eigenvalue weighted by Gasteiger charge is -2.38. The molecular weight excluding hydrogens is 362 g/mol. The Morgan fingerprint density at radius 3 is 2.61 bits per heavy atom. The van der Waals surface area contributed by atoms with E-state index in [2.05, 4.69) is 30.1 Å². The molecule has 3 atom stereocenters. The van der Waals surface area contributed by atoms with Crippen molar-refractivity contribution >= 4 is 0 Å². The van der Waals surface area contributed by atoms with Gasteiger partial charge in [-0.15, -0.1) is 0 Å². The number of fused-ring (bicyclic) bond motifs is 5.